The number of hydrogen-bond donors (Lipinski definition) is 2. The molecule has 0 aromatic rings. The van der Waals surface area contributed by atoms with Crippen LogP contribution in [0.4, 0.5) is 0 Å². The standard InChI is InChI=1S/C19H32N6O5/c1-22-12-17(28)23(2)13-18(29)24(3)14-19(30)25(11-15(20)26)9-7-5-4-6-8-21-10-16(22)27/h4-5,21H,6-14H2,1-3H3,(H2,20,26)/b5-4-. The highest BCUT2D eigenvalue weighted by Gasteiger charge is 2.22. The maximum atomic E-state index is 12.5. The fourth-order valence-electron chi connectivity index (χ4n) is 2.68. The smallest absolute Gasteiger partial charge is 0.242 e. The number of likely N-dealkylation sites (N-methyl/N-ethyl adjacent to an activating group) is 3. The molecule has 11 heteroatoms. The quantitative estimate of drug-likeness (QED) is 0.475. The van der Waals surface area contributed by atoms with Gasteiger partial charge in [-0.1, -0.05) is 12.2 Å². The topological polar surface area (TPSA) is 136 Å². The normalized spacial score (nSPS) is 20.6. The summed E-state index contributed by atoms with van der Waals surface area (Å²) in [6, 6.07) is 0. The highest BCUT2D eigenvalue weighted by atomic mass is 16.2. The Morgan fingerprint density at radius 3 is 1.93 bits per heavy atom. The Bertz CT molecular complexity index is 680. The van der Waals surface area contributed by atoms with Crippen molar-refractivity contribution in [2.45, 2.75) is 12.8 Å². The Kier molecular flexibility index (Phi) is 10.5. The van der Waals surface area contributed by atoms with Gasteiger partial charge in [0.2, 0.25) is 29.5 Å². The number of primary amides is 1. The molecule has 0 aliphatic carbocycles. The number of amides is 5. The number of nitrogens with two attached hydrogens (primary N) is 1. The second-order valence-electron chi connectivity index (χ2n) is 7.26. The minimum atomic E-state index is -0.636. The van der Waals surface area contributed by atoms with Crippen molar-refractivity contribution in [1.82, 2.24) is 24.9 Å². The summed E-state index contributed by atoms with van der Waals surface area (Å²) in [5, 5.41) is 3.01. The first-order valence-corrected chi connectivity index (χ1v) is 9.75. The van der Waals surface area contributed by atoms with Gasteiger partial charge in [0.1, 0.15) is 0 Å². The first-order chi connectivity index (χ1) is 14.1. The summed E-state index contributed by atoms with van der Waals surface area (Å²) >= 11 is 0. The summed E-state index contributed by atoms with van der Waals surface area (Å²) in [7, 11) is 4.43. The average molecular weight is 425 g/mol. The van der Waals surface area contributed by atoms with Gasteiger partial charge in [0.05, 0.1) is 32.7 Å². The van der Waals surface area contributed by atoms with Gasteiger partial charge in [0.25, 0.3) is 0 Å². The van der Waals surface area contributed by atoms with Crippen LogP contribution in [0.2, 0.25) is 0 Å². The summed E-state index contributed by atoms with van der Waals surface area (Å²) in [4.78, 5) is 65.7. The lowest BCUT2D eigenvalue weighted by Crippen LogP contribution is -2.48. The maximum Gasteiger partial charge on any atom is 0.242 e. The Morgan fingerprint density at radius 1 is 0.867 bits per heavy atom. The van der Waals surface area contributed by atoms with E-state index in [2.05, 4.69) is 5.32 Å². The molecule has 1 aliphatic rings. The van der Waals surface area contributed by atoms with Gasteiger partial charge in [0.15, 0.2) is 0 Å². The fraction of sp³-hybridized carbons (Fsp3) is 0.632. The van der Waals surface area contributed by atoms with Crippen LogP contribution in [-0.2, 0) is 24.0 Å². The van der Waals surface area contributed by atoms with Crippen molar-refractivity contribution in [3.05, 3.63) is 12.2 Å². The van der Waals surface area contributed by atoms with Gasteiger partial charge in [-0.15, -0.1) is 0 Å². The van der Waals surface area contributed by atoms with Gasteiger partial charge in [-0.25, -0.2) is 0 Å². The van der Waals surface area contributed by atoms with E-state index in [1.807, 2.05) is 12.2 Å². The van der Waals surface area contributed by atoms with Crippen molar-refractivity contribution in [2.24, 2.45) is 5.73 Å². The van der Waals surface area contributed by atoms with Crippen molar-refractivity contribution in [2.75, 3.05) is 67.0 Å². The highest BCUT2D eigenvalue weighted by Crippen LogP contribution is 2.00. The van der Waals surface area contributed by atoms with Crippen LogP contribution in [0.3, 0.4) is 0 Å². The SMILES string of the molecule is CN1CC(=O)N(C)CC(=O)N(C)CC(=O)N(CC(N)=O)CC/C=C\CCNCC1=O. The summed E-state index contributed by atoms with van der Waals surface area (Å²) in [6.45, 7) is 0.108. The monoisotopic (exact) mass is 424 g/mol. The number of nitrogens with one attached hydrogen (secondary N) is 1. The summed E-state index contributed by atoms with van der Waals surface area (Å²) < 4.78 is 0. The van der Waals surface area contributed by atoms with E-state index in [1.54, 1.807) is 0 Å². The fourth-order valence-corrected chi connectivity index (χ4v) is 2.68. The molecule has 0 aromatic carbocycles. The Balaban J connectivity index is 2.89. The van der Waals surface area contributed by atoms with Gasteiger partial charge in [-0.3, -0.25) is 24.0 Å². The second kappa shape index (κ2) is 12.6. The minimum absolute atomic E-state index is 0.101. The first-order valence-electron chi connectivity index (χ1n) is 9.75. The zero-order valence-electron chi connectivity index (χ0n) is 17.9. The molecule has 1 heterocycles. The molecule has 0 aromatic heterocycles. The predicted octanol–water partition coefficient (Wildman–Crippen LogP) is -2.38. The lowest BCUT2D eigenvalue weighted by molar-refractivity contribution is -0.144. The molecule has 1 rings (SSSR count). The van der Waals surface area contributed by atoms with Crippen LogP contribution in [0.1, 0.15) is 12.8 Å². The van der Waals surface area contributed by atoms with Crippen LogP contribution in [0.15, 0.2) is 12.2 Å². The van der Waals surface area contributed by atoms with Gasteiger partial charge < -0.3 is 30.7 Å². The largest absolute Gasteiger partial charge is 0.368 e. The average Bonchev–Trinajstić information content (AvgIpc) is 2.67. The Labute approximate surface area is 176 Å². The van der Waals surface area contributed by atoms with Crippen LogP contribution in [0.25, 0.3) is 0 Å². The molecule has 0 atom stereocenters. The van der Waals surface area contributed by atoms with Gasteiger partial charge in [0, 0.05) is 27.7 Å². The third-order valence-corrected chi connectivity index (χ3v) is 4.59. The molecule has 0 saturated carbocycles. The molecule has 0 bridgehead atoms. The maximum absolute atomic E-state index is 12.5. The third kappa shape index (κ3) is 9.03. The zero-order valence-corrected chi connectivity index (χ0v) is 17.9. The van der Waals surface area contributed by atoms with Crippen molar-refractivity contribution in [3.8, 4) is 0 Å². The number of nitrogens with zero attached hydrogens (tertiary/aromatic N) is 4. The van der Waals surface area contributed by atoms with Crippen molar-refractivity contribution in [3.63, 3.8) is 0 Å². The molecule has 0 fully saturated rings. The van der Waals surface area contributed by atoms with Crippen LogP contribution in [0.5, 0.6) is 0 Å². The van der Waals surface area contributed by atoms with Gasteiger partial charge in [-0.2, -0.15) is 0 Å². The van der Waals surface area contributed by atoms with Gasteiger partial charge >= 0.3 is 0 Å². The summed E-state index contributed by atoms with van der Waals surface area (Å²) in [5.74, 6) is -2.10. The molecule has 0 saturated heterocycles. The number of rotatable bonds is 2. The Hall–Kier alpha value is -2.95. The Morgan fingerprint density at radius 2 is 1.37 bits per heavy atom. The van der Waals surface area contributed by atoms with E-state index in [9.17, 15) is 24.0 Å². The van der Waals surface area contributed by atoms with E-state index >= 15 is 0 Å². The summed E-state index contributed by atoms with van der Waals surface area (Å²) in [6.07, 6.45) is 5.00. The van der Waals surface area contributed by atoms with Crippen molar-refractivity contribution >= 4 is 29.5 Å². The minimum Gasteiger partial charge on any atom is -0.368 e. The molecular weight excluding hydrogens is 392 g/mol. The van der Waals surface area contributed by atoms with Crippen molar-refractivity contribution in [1.29, 1.82) is 0 Å². The van der Waals surface area contributed by atoms with Crippen LogP contribution < -0.4 is 11.1 Å². The number of carbonyl (C=O) groups excluding carboxylic acids is 5. The third-order valence-electron chi connectivity index (χ3n) is 4.59. The van der Waals surface area contributed by atoms with E-state index in [1.165, 1.54) is 40.7 Å². The first kappa shape index (κ1) is 25.1. The predicted molar refractivity (Wildman–Crippen MR) is 110 cm³/mol. The number of hydrogen-bond acceptors (Lipinski definition) is 6. The molecule has 30 heavy (non-hydrogen) atoms. The molecule has 168 valence electrons. The van der Waals surface area contributed by atoms with Crippen molar-refractivity contribution < 1.29 is 24.0 Å². The van der Waals surface area contributed by atoms with E-state index in [-0.39, 0.29) is 45.2 Å². The molecule has 5 amide bonds. The van der Waals surface area contributed by atoms with E-state index < -0.39 is 23.6 Å². The van der Waals surface area contributed by atoms with Crippen LogP contribution in [0, 0.1) is 0 Å². The molecule has 11 nitrogen and oxygen atoms in total. The molecule has 3 N–H and O–H groups in total. The van der Waals surface area contributed by atoms with E-state index in [4.69, 9.17) is 5.73 Å². The molecule has 0 spiro atoms. The van der Waals surface area contributed by atoms with Gasteiger partial charge in [-0.05, 0) is 19.4 Å². The number of carbonyl (C=O) groups is 5. The zero-order chi connectivity index (χ0) is 22.7. The lowest BCUT2D eigenvalue weighted by Gasteiger charge is -2.26. The molecular formula is C19H32N6O5. The second-order valence-corrected chi connectivity index (χ2v) is 7.26. The lowest BCUT2D eigenvalue weighted by atomic mass is 10.3. The van der Waals surface area contributed by atoms with E-state index in [0.29, 0.717) is 19.4 Å². The van der Waals surface area contributed by atoms with Crippen LogP contribution >= 0.6 is 0 Å². The van der Waals surface area contributed by atoms with E-state index in [0.717, 1.165) is 0 Å². The van der Waals surface area contributed by atoms with Crippen LogP contribution in [-0.4, -0.2) is 116 Å². The summed E-state index contributed by atoms with van der Waals surface area (Å²) in [5.41, 5.74) is 5.23. The molecule has 0 unspecified atom stereocenters. The highest BCUT2D eigenvalue weighted by molar-refractivity contribution is 5.91. The molecule has 1 aliphatic heterocycles. The molecule has 0 radical (unpaired) electrons.